The number of nitrogens with zero attached hydrogens (tertiary/aromatic N) is 1. The summed E-state index contributed by atoms with van der Waals surface area (Å²) in [5.41, 5.74) is 0. The molecule has 0 aromatic heterocycles. The largest absolute Gasteiger partial charge is 0.339 e. The van der Waals surface area contributed by atoms with Crippen molar-refractivity contribution in [2.75, 3.05) is 20.1 Å². The number of hydrogen-bond acceptors (Lipinski definition) is 2. The Morgan fingerprint density at radius 2 is 1.93 bits per heavy atom. The van der Waals surface area contributed by atoms with Crippen LogP contribution in [0.5, 0.6) is 0 Å². The Bertz CT molecular complexity index is 163. The summed E-state index contributed by atoms with van der Waals surface area (Å²) in [6.07, 6.45) is 3.52. The van der Waals surface area contributed by atoms with Crippen molar-refractivity contribution in [2.45, 2.75) is 46.1 Å². The lowest BCUT2D eigenvalue weighted by molar-refractivity contribution is -0.131. The molecule has 15 heavy (non-hydrogen) atoms. The number of unbranched alkanes of at least 4 members (excludes halogenated alkanes) is 2. The van der Waals surface area contributed by atoms with Gasteiger partial charge >= 0.3 is 0 Å². The third kappa shape index (κ3) is 7.63. The van der Waals surface area contributed by atoms with Gasteiger partial charge in [0.25, 0.3) is 0 Å². The highest BCUT2D eigenvalue weighted by Gasteiger charge is 2.14. The molecular formula is C11H25ClN2O. The van der Waals surface area contributed by atoms with Gasteiger partial charge in [0, 0.05) is 12.6 Å². The van der Waals surface area contributed by atoms with Crippen LogP contribution in [0.25, 0.3) is 0 Å². The van der Waals surface area contributed by atoms with E-state index in [9.17, 15) is 4.79 Å². The maximum atomic E-state index is 11.6. The number of carbonyl (C=O) groups excluding carboxylic acids is 1. The van der Waals surface area contributed by atoms with E-state index in [-0.39, 0.29) is 18.3 Å². The minimum Gasteiger partial charge on any atom is -0.339 e. The van der Waals surface area contributed by atoms with Gasteiger partial charge < -0.3 is 10.2 Å². The first kappa shape index (κ1) is 17.1. The molecule has 0 aliphatic carbocycles. The van der Waals surface area contributed by atoms with Gasteiger partial charge in [0.15, 0.2) is 0 Å². The van der Waals surface area contributed by atoms with Gasteiger partial charge in [0.2, 0.25) is 5.91 Å². The molecule has 0 aliphatic heterocycles. The number of rotatable bonds is 7. The fourth-order valence-electron chi connectivity index (χ4n) is 1.46. The molecule has 0 saturated carbocycles. The summed E-state index contributed by atoms with van der Waals surface area (Å²) in [6.45, 7) is 7.66. The van der Waals surface area contributed by atoms with Crippen LogP contribution in [0.3, 0.4) is 0 Å². The van der Waals surface area contributed by atoms with Gasteiger partial charge in [-0.05, 0) is 27.3 Å². The SMILES string of the molecule is CCCCCN(C(=O)CNC)C(C)C.Cl. The van der Waals surface area contributed by atoms with Crippen LogP contribution < -0.4 is 5.32 Å². The second-order valence-corrected chi connectivity index (χ2v) is 3.92. The van der Waals surface area contributed by atoms with E-state index in [0.717, 1.165) is 13.0 Å². The molecule has 0 spiro atoms. The lowest BCUT2D eigenvalue weighted by atomic mass is 10.2. The number of hydrogen-bond donors (Lipinski definition) is 1. The monoisotopic (exact) mass is 236 g/mol. The predicted octanol–water partition coefficient (Wildman–Crippen LogP) is 2.05. The Kier molecular flexibility index (Phi) is 11.7. The van der Waals surface area contributed by atoms with E-state index in [0.29, 0.717) is 12.6 Å². The van der Waals surface area contributed by atoms with Crippen LogP contribution in [0.1, 0.15) is 40.0 Å². The maximum absolute atomic E-state index is 11.6. The molecule has 0 saturated heterocycles. The highest BCUT2D eigenvalue weighted by atomic mass is 35.5. The molecular weight excluding hydrogens is 212 g/mol. The number of halogens is 1. The molecule has 1 amide bonds. The Labute approximate surface area is 100 Å². The van der Waals surface area contributed by atoms with Gasteiger partial charge in [-0.1, -0.05) is 19.8 Å². The fourth-order valence-corrected chi connectivity index (χ4v) is 1.46. The number of nitrogens with one attached hydrogen (secondary N) is 1. The summed E-state index contributed by atoms with van der Waals surface area (Å²) in [4.78, 5) is 13.6. The van der Waals surface area contributed by atoms with Crippen molar-refractivity contribution in [3.05, 3.63) is 0 Å². The second-order valence-electron chi connectivity index (χ2n) is 3.92. The first-order chi connectivity index (χ1) is 6.63. The third-order valence-electron chi connectivity index (χ3n) is 2.27. The minimum absolute atomic E-state index is 0. The predicted molar refractivity (Wildman–Crippen MR) is 67.5 cm³/mol. The summed E-state index contributed by atoms with van der Waals surface area (Å²) in [6, 6.07) is 0.313. The molecule has 0 unspecified atom stereocenters. The van der Waals surface area contributed by atoms with E-state index in [2.05, 4.69) is 26.1 Å². The van der Waals surface area contributed by atoms with Crippen LogP contribution in [0.15, 0.2) is 0 Å². The number of carbonyl (C=O) groups is 1. The van der Waals surface area contributed by atoms with E-state index in [4.69, 9.17) is 0 Å². The van der Waals surface area contributed by atoms with E-state index in [1.54, 1.807) is 0 Å². The second kappa shape index (κ2) is 10.2. The first-order valence-electron chi connectivity index (χ1n) is 5.57. The topological polar surface area (TPSA) is 32.3 Å². The molecule has 0 rings (SSSR count). The molecule has 0 radical (unpaired) electrons. The zero-order valence-corrected chi connectivity index (χ0v) is 11.2. The average Bonchev–Trinajstić information content (AvgIpc) is 2.12. The van der Waals surface area contributed by atoms with E-state index in [1.807, 2.05) is 11.9 Å². The molecule has 0 heterocycles. The number of likely N-dealkylation sites (N-methyl/N-ethyl adjacent to an activating group) is 1. The standard InChI is InChI=1S/C11H24N2O.ClH/c1-5-6-7-8-13(10(2)3)11(14)9-12-4;/h10,12H,5-9H2,1-4H3;1H. The van der Waals surface area contributed by atoms with Crippen molar-refractivity contribution < 1.29 is 4.79 Å². The molecule has 0 aromatic rings. The Morgan fingerprint density at radius 1 is 1.33 bits per heavy atom. The first-order valence-corrected chi connectivity index (χ1v) is 5.57. The van der Waals surface area contributed by atoms with Gasteiger partial charge in [0.05, 0.1) is 6.54 Å². The van der Waals surface area contributed by atoms with Crippen molar-refractivity contribution in [1.29, 1.82) is 0 Å². The number of amides is 1. The molecule has 0 aliphatic rings. The smallest absolute Gasteiger partial charge is 0.236 e. The van der Waals surface area contributed by atoms with E-state index >= 15 is 0 Å². The Morgan fingerprint density at radius 3 is 2.33 bits per heavy atom. The van der Waals surface area contributed by atoms with E-state index in [1.165, 1.54) is 12.8 Å². The fraction of sp³-hybridized carbons (Fsp3) is 0.909. The summed E-state index contributed by atoms with van der Waals surface area (Å²) >= 11 is 0. The van der Waals surface area contributed by atoms with Crippen LogP contribution in [0.4, 0.5) is 0 Å². The highest BCUT2D eigenvalue weighted by Crippen LogP contribution is 2.03. The summed E-state index contributed by atoms with van der Waals surface area (Å²) < 4.78 is 0. The summed E-state index contributed by atoms with van der Waals surface area (Å²) in [5, 5.41) is 2.90. The molecule has 4 heteroatoms. The van der Waals surface area contributed by atoms with Crippen molar-refractivity contribution in [1.82, 2.24) is 10.2 Å². The van der Waals surface area contributed by atoms with Crippen LogP contribution in [0.2, 0.25) is 0 Å². The van der Waals surface area contributed by atoms with Crippen molar-refractivity contribution in [2.24, 2.45) is 0 Å². The van der Waals surface area contributed by atoms with Gasteiger partial charge in [-0.2, -0.15) is 0 Å². The van der Waals surface area contributed by atoms with Gasteiger partial charge in [0.1, 0.15) is 0 Å². The van der Waals surface area contributed by atoms with Crippen LogP contribution in [-0.2, 0) is 4.79 Å². The minimum atomic E-state index is 0. The third-order valence-corrected chi connectivity index (χ3v) is 2.27. The van der Waals surface area contributed by atoms with Gasteiger partial charge in [-0.25, -0.2) is 0 Å². The molecule has 0 bridgehead atoms. The molecule has 0 fully saturated rings. The zero-order chi connectivity index (χ0) is 11.0. The van der Waals surface area contributed by atoms with E-state index < -0.39 is 0 Å². The molecule has 0 aromatic carbocycles. The molecule has 0 atom stereocenters. The lowest BCUT2D eigenvalue weighted by Gasteiger charge is -2.26. The van der Waals surface area contributed by atoms with Gasteiger partial charge in [-0.3, -0.25) is 4.79 Å². The quantitative estimate of drug-likeness (QED) is 0.687. The summed E-state index contributed by atoms with van der Waals surface area (Å²) in [7, 11) is 1.81. The molecule has 92 valence electrons. The maximum Gasteiger partial charge on any atom is 0.236 e. The zero-order valence-electron chi connectivity index (χ0n) is 10.4. The van der Waals surface area contributed by atoms with Crippen molar-refractivity contribution in [3.63, 3.8) is 0 Å². The molecule has 3 nitrogen and oxygen atoms in total. The highest BCUT2D eigenvalue weighted by molar-refractivity contribution is 5.85. The van der Waals surface area contributed by atoms with Crippen molar-refractivity contribution >= 4 is 18.3 Å². The Hall–Kier alpha value is -0.280. The van der Waals surface area contributed by atoms with Crippen LogP contribution >= 0.6 is 12.4 Å². The lowest BCUT2D eigenvalue weighted by Crippen LogP contribution is -2.42. The van der Waals surface area contributed by atoms with Crippen LogP contribution in [-0.4, -0.2) is 37.0 Å². The van der Waals surface area contributed by atoms with Crippen LogP contribution in [0, 0.1) is 0 Å². The van der Waals surface area contributed by atoms with Crippen molar-refractivity contribution in [3.8, 4) is 0 Å². The summed E-state index contributed by atoms with van der Waals surface area (Å²) in [5.74, 6) is 0.207. The molecule has 1 N–H and O–H groups in total. The van der Waals surface area contributed by atoms with Gasteiger partial charge in [-0.15, -0.1) is 12.4 Å². The Balaban J connectivity index is 0. The normalized spacial score (nSPS) is 9.93. The average molecular weight is 237 g/mol.